The van der Waals surface area contributed by atoms with Crippen LogP contribution in [0.5, 0.6) is 11.5 Å². The number of fused-ring (bicyclic) bond motifs is 3. The summed E-state index contributed by atoms with van der Waals surface area (Å²) in [7, 11) is 0. The van der Waals surface area contributed by atoms with Crippen LogP contribution >= 0.6 is 23.7 Å². The number of rotatable bonds is 6. The lowest BCUT2D eigenvalue weighted by molar-refractivity contribution is -0.116. The lowest BCUT2D eigenvalue weighted by Crippen LogP contribution is -2.30. The first kappa shape index (κ1) is 26.9. The molecule has 8 heteroatoms. The van der Waals surface area contributed by atoms with Crippen molar-refractivity contribution < 1.29 is 19.1 Å². The molecule has 0 aliphatic carbocycles. The smallest absolute Gasteiger partial charge is 0.341 e. The highest BCUT2D eigenvalue weighted by Gasteiger charge is 2.35. The van der Waals surface area contributed by atoms with Gasteiger partial charge in [0.25, 0.3) is 0 Å². The van der Waals surface area contributed by atoms with Gasteiger partial charge in [0.05, 0.1) is 18.1 Å². The minimum atomic E-state index is -0.556. The first-order valence-corrected chi connectivity index (χ1v) is 13.7. The number of benzene rings is 3. The van der Waals surface area contributed by atoms with E-state index < -0.39 is 5.92 Å². The zero-order chi connectivity index (χ0) is 26.1. The number of esters is 1. The molecule has 4 aromatic rings. The highest BCUT2D eigenvalue weighted by molar-refractivity contribution is 7.17. The monoisotopic (exact) mass is 560 g/mol. The summed E-state index contributed by atoms with van der Waals surface area (Å²) in [6.07, 6.45) is 0.728. The molecule has 0 spiro atoms. The molecule has 2 aliphatic rings. The fraction of sp³-hybridized carbons (Fsp3) is 0.226. The van der Waals surface area contributed by atoms with Crippen molar-refractivity contribution in [3.05, 3.63) is 112 Å². The van der Waals surface area contributed by atoms with Gasteiger partial charge in [0.2, 0.25) is 5.91 Å². The van der Waals surface area contributed by atoms with E-state index in [9.17, 15) is 9.59 Å². The second-order valence-electron chi connectivity index (χ2n) is 9.47. The van der Waals surface area contributed by atoms with Gasteiger partial charge < -0.3 is 14.8 Å². The molecule has 200 valence electrons. The lowest BCUT2D eigenvalue weighted by atomic mass is 9.87. The number of para-hydroxylation sites is 2. The summed E-state index contributed by atoms with van der Waals surface area (Å²) in [5, 5.41) is 3.68. The van der Waals surface area contributed by atoms with E-state index in [1.54, 1.807) is 6.92 Å². The summed E-state index contributed by atoms with van der Waals surface area (Å²) in [6.45, 7) is 4.47. The minimum Gasteiger partial charge on any atom is -0.462 e. The van der Waals surface area contributed by atoms with Crippen molar-refractivity contribution >= 4 is 40.6 Å². The molecule has 0 unspecified atom stereocenters. The molecular weight excluding hydrogens is 532 g/mol. The van der Waals surface area contributed by atoms with Gasteiger partial charge in [-0.1, -0.05) is 66.7 Å². The van der Waals surface area contributed by atoms with Crippen molar-refractivity contribution in [2.24, 2.45) is 0 Å². The van der Waals surface area contributed by atoms with Gasteiger partial charge in [-0.15, -0.1) is 23.7 Å². The van der Waals surface area contributed by atoms with Crippen LogP contribution in [0.25, 0.3) is 0 Å². The third-order valence-electron chi connectivity index (χ3n) is 7.04. The highest BCUT2D eigenvalue weighted by Crippen LogP contribution is 2.45. The highest BCUT2D eigenvalue weighted by atomic mass is 35.5. The summed E-state index contributed by atoms with van der Waals surface area (Å²) in [4.78, 5) is 30.5. The van der Waals surface area contributed by atoms with Gasteiger partial charge in [-0.25, -0.2) is 4.79 Å². The number of halogens is 1. The largest absolute Gasteiger partial charge is 0.462 e. The molecule has 6 rings (SSSR count). The number of hydrogen-bond donors (Lipinski definition) is 1. The molecule has 0 fully saturated rings. The standard InChI is InChI=1S/C31H28N2O4S.ClH/c1-2-36-31(35)28-23-16-17-33(18-20-10-4-3-5-11-20)19-26(23)38-30(28)32-29(34)27-21-12-6-8-14-24(21)37-25-15-9-7-13-22(25)27;/h3-15,27H,2,16-19H2,1H3,(H,32,34);1H. The minimum absolute atomic E-state index is 0. The average molecular weight is 561 g/mol. The van der Waals surface area contributed by atoms with Crippen LogP contribution in [-0.2, 0) is 29.0 Å². The first-order valence-electron chi connectivity index (χ1n) is 12.9. The fourth-order valence-corrected chi connectivity index (χ4v) is 6.60. The predicted molar refractivity (Wildman–Crippen MR) is 155 cm³/mol. The van der Waals surface area contributed by atoms with Gasteiger partial charge in [0.15, 0.2) is 0 Å². The van der Waals surface area contributed by atoms with Gasteiger partial charge >= 0.3 is 5.97 Å². The molecule has 39 heavy (non-hydrogen) atoms. The van der Waals surface area contributed by atoms with E-state index >= 15 is 0 Å². The number of carbonyl (C=O) groups excluding carboxylic acids is 2. The molecule has 1 N–H and O–H groups in total. The molecule has 0 atom stereocenters. The Morgan fingerprint density at radius 1 is 0.974 bits per heavy atom. The van der Waals surface area contributed by atoms with Crippen molar-refractivity contribution in [3.63, 3.8) is 0 Å². The Bertz CT molecular complexity index is 1460. The van der Waals surface area contributed by atoms with Gasteiger partial charge in [-0.2, -0.15) is 0 Å². The van der Waals surface area contributed by atoms with Crippen LogP contribution < -0.4 is 10.1 Å². The van der Waals surface area contributed by atoms with E-state index in [4.69, 9.17) is 9.47 Å². The average Bonchev–Trinajstić information content (AvgIpc) is 3.29. The van der Waals surface area contributed by atoms with Crippen molar-refractivity contribution in [1.82, 2.24) is 4.90 Å². The van der Waals surface area contributed by atoms with Crippen LogP contribution in [0.1, 0.15) is 50.3 Å². The maximum Gasteiger partial charge on any atom is 0.341 e. The predicted octanol–water partition coefficient (Wildman–Crippen LogP) is 6.78. The molecule has 3 aromatic carbocycles. The Morgan fingerprint density at radius 2 is 1.62 bits per heavy atom. The maximum atomic E-state index is 13.9. The number of thiophene rings is 1. The summed E-state index contributed by atoms with van der Waals surface area (Å²) >= 11 is 1.48. The quantitative estimate of drug-likeness (QED) is 0.263. The van der Waals surface area contributed by atoms with Gasteiger partial charge in [-0.3, -0.25) is 9.69 Å². The number of amides is 1. The van der Waals surface area contributed by atoms with Crippen LogP contribution in [0.2, 0.25) is 0 Å². The normalized spacial score (nSPS) is 14.2. The first-order chi connectivity index (χ1) is 18.6. The third-order valence-corrected chi connectivity index (χ3v) is 8.18. The van der Waals surface area contributed by atoms with E-state index in [-0.39, 0.29) is 30.9 Å². The maximum absolute atomic E-state index is 13.9. The van der Waals surface area contributed by atoms with Gasteiger partial charge in [0.1, 0.15) is 16.5 Å². The molecule has 0 saturated heterocycles. The number of hydrogen-bond acceptors (Lipinski definition) is 6. The van der Waals surface area contributed by atoms with Crippen LogP contribution in [0.4, 0.5) is 5.00 Å². The number of nitrogens with zero attached hydrogens (tertiary/aromatic N) is 1. The van der Waals surface area contributed by atoms with Crippen LogP contribution in [0.3, 0.4) is 0 Å². The SMILES string of the molecule is CCOC(=O)c1c(NC(=O)C2c3ccccc3Oc3ccccc32)sc2c1CCN(Cc1ccccc1)C2.Cl. The molecule has 0 radical (unpaired) electrons. The van der Waals surface area contributed by atoms with E-state index in [1.165, 1.54) is 16.9 Å². The molecular formula is C31H29ClN2O4S. The molecule has 2 aliphatic heterocycles. The second kappa shape index (κ2) is 11.6. The molecule has 0 bridgehead atoms. The Morgan fingerprint density at radius 3 is 2.28 bits per heavy atom. The molecule has 1 amide bonds. The van der Waals surface area contributed by atoms with Crippen molar-refractivity contribution in [1.29, 1.82) is 0 Å². The van der Waals surface area contributed by atoms with Crippen LogP contribution in [-0.4, -0.2) is 29.9 Å². The molecule has 6 nitrogen and oxygen atoms in total. The molecule has 0 saturated carbocycles. The van der Waals surface area contributed by atoms with Gasteiger partial charge in [-0.05, 0) is 36.6 Å². The summed E-state index contributed by atoms with van der Waals surface area (Å²) in [5.74, 6) is 0.195. The summed E-state index contributed by atoms with van der Waals surface area (Å²) < 4.78 is 11.5. The van der Waals surface area contributed by atoms with E-state index in [1.807, 2.05) is 54.6 Å². The summed E-state index contributed by atoms with van der Waals surface area (Å²) in [5.41, 5.74) is 4.34. The van der Waals surface area contributed by atoms with E-state index in [0.717, 1.165) is 47.6 Å². The Kier molecular flexibility index (Phi) is 8.02. The Balaban J connectivity index is 0.00000308. The molecule has 1 aromatic heterocycles. The summed E-state index contributed by atoms with van der Waals surface area (Å²) in [6, 6.07) is 25.6. The van der Waals surface area contributed by atoms with Gasteiger partial charge in [0, 0.05) is 35.6 Å². The zero-order valence-electron chi connectivity index (χ0n) is 21.5. The van der Waals surface area contributed by atoms with Crippen LogP contribution in [0.15, 0.2) is 78.9 Å². The van der Waals surface area contributed by atoms with Crippen molar-refractivity contribution in [2.75, 3.05) is 18.5 Å². The number of anilines is 1. The van der Waals surface area contributed by atoms with Crippen molar-refractivity contribution in [2.45, 2.75) is 32.4 Å². The van der Waals surface area contributed by atoms with E-state index in [0.29, 0.717) is 22.1 Å². The van der Waals surface area contributed by atoms with Crippen molar-refractivity contribution in [3.8, 4) is 11.5 Å². The van der Waals surface area contributed by atoms with Crippen LogP contribution in [0, 0.1) is 0 Å². The van der Waals surface area contributed by atoms with E-state index in [2.05, 4.69) is 34.5 Å². The third kappa shape index (κ3) is 5.30. The zero-order valence-corrected chi connectivity index (χ0v) is 23.1. The number of nitrogens with one attached hydrogen (secondary N) is 1. The fourth-order valence-electron chi connectivity index (χ4n) is 5.32. The second-order valence-corrected chi connectivity index (χ2v) is 10.6. The number of ether oxygens (including phenoxy) is 2. The topological polar surface area (TPSA) is 67.9 Å². The molecule has 3 heterocycles. The Labute approximate surface area is 238 Å². The Hall–Kier alpha value is -3.65. The lowest BCUT2D eigenvalue weighted by Gasteiger charge is -2.27. The number of carbonyl (C=O) groups is 2.